The van der Waals surface area contributed by atoms with Crippen LogP contribution in [-0.4, -0.2) is 43.0 Å². The Balaban J connectivity index is 0.000000242. The second-order valence-corrected chi connectivity index (χ2v) is 13.8. The van der Waals surface area contributed by atoms with E-state index in [-0.39, 0.29) is 32.2 Å². The predicted molar refractivity (Wildman–Crippen MR) is 111 cm³/mol. The minimum atomic E-state index is -0.340. The molecule has 0 aromatic carbocycles. The zero-order valence-corrected chi connectivity index (χ0v) is 18.1. The second kappa shape index (κ2) is 7.49. The van der Waals surface area contributed by atoms with Crippen molar-refractivity contribution in [3.05, 3.63) is 20.9 Å². The van der Waals surface area contributed by atoms with Gasteiger partial charge in [-0.15, -0.1) is 0 Å². The molecule has 25 heavy (non-hydrogen) atoms. The SMILES string of the molecule is CC(C)(C)S(C)(C)C.O=c1[nH]c2c(Cl)nc(Cl)nc2n1C1CCCC1. The van der Waals surface area contributed by atoms with Crippen LogP contribution in [0.25, 0.3) is 11.2 Å². The Labute approximate surface area is 160 Å². The van der Waals surface area contributed by atoms with E-state index in [0.29, 0.717) is 15.9 Å². The van der Waals surface area contributed by atoms with Crippen molar-refractivity contribution in [3.8, 4) is 0 Å². The number of rotatable bonds is 1. The molecular formula is C17H28Cl2N4OS. The number of H-pyrrole nitrogens is 1. The Morgan fingerprint density at radius 3 is 2.12 bits per heavy atom. The van der Waals surface area contributed by atoms with Crippen molar-refractivity contribution in [1.82, 2.24) is 19.5 Å². The summed E-state index contributed by atoms with van der Waals surface area (Å²) >= 11 is 11.7. The summed E-state index contributed by atoms with van der Waals surface area (Å²) in [7, 11) is -0.340. The number of aromatic amines is 1. The maximum Gasteiger partial charge on any atom is 0.328 e. The first-order valence-electron chi connectivity index (χ1n) is 8.43. The van der Waals surface area contributed by atoms with E-state index in [1.54, 1.807) is 4.57 Å². The van der Waals surface area contributed by atoms with Gasteiger partial charge in [-0.05, 0) is 48.0 Å². The lowest BCUT2D eigenvalue weighted by molar-refractivity contribution is 0.514. The summed E-state index contributed by atoms with van der Waals surface area (Å²) in [5, 5.41) is 0.252. The van der Waals surface area contributed by atoms with Gasteiger partial charge >= 0.3 is 5.69 Å². The van der Waals surface area contributed by atoms with E-state index in [2.05, 4.69) is 54.5 Å². The first-order valence-corrected chi connectivity index (χ1v) is 12.0. The monoisotopic (exact) mass is 406 g/mol. The molecule has 8 heteroatoms. The van der Waals surface area contributed by atoms with Crippen molar-refractivity contribution in [1.29, 1.82) is 0 Å². The summed E-state index contributed by atoms with van der Waals surface area (Å²) in [4.78, 5) is 22.5. The maximum atomic E-state index is 11.9. The largest absolute Gasteiger partial charge is 0.328 e. The fraction of sp³-hybridized carbons (Fsp3) is 0.706. The number of aromatic nitrogens is 4. The molecule has 0 amide bonds. The lowest BCUT2D eigenvalue weighted by atomic mass is 10.2. The molecule has 1 N–H and O–H groups in total. The molecule has 0 saturated heterocycles. The Morgan fingerprint density at radius 2 is 1.64 bits per heavy atom. The third-order valence-corrected chi connectivity index (χ3v) is 9.14. The first kappa shape index (κ1) is 20.6. The van der Waals surface area contributed by atoms with E-state index < -0.39 is 0 Å². The highest BCUT2D eigenvalue weighted by Crippen LogP contribution is 2.48. The van der Waals surface area contributed by atoms with Crippen LogP contribution < -0.4 is 5.69 Å². The number of halogens is 2. The zero-order valence-electron chi connectivity index (χ0n) is 15.8. The van der Waals surface area contributed by atoms with E-state index in [4.69, 9.17) is 23.2 Å². The molecule has 0 radical (unpaired) electrons. The van der Waals surface area contributed by atoms with Crippen molar-refractivity contribution in [3.63, 3.8) is 0 Å². The number of nitrogens with zero attached hydrogens (tertiary/aromatic N) is 3. The molecule has 1 aliphatic carbocycles. The van der Waals surface area contributed by atoms with Crippen LogP contribution in [0.2, 0.25) is 10.4 Å². The maximum absolute atomic E-state index is 11.9. The van der Waals surface area contributed by atoms with Gasteiger partial charge < -0.3 is 4.98 Å². The summed E-state index contributed by atoms with van der Waals surface area (Å²) in [5.41, 5.74) is 0.783. The van der Waals surface area contributed by atoms with Crippen LogP contribution in [0.3, 0.4) is 0 Å². The average Bonchev–Trinajstić information content (AvgIpc) is 3.04. The van der Waals surface area contributed by atoms with Gasteiger partial charge in [-0.25, -0.2) is 19.8 Å². The molecule has 2 heterocycles. The summed E-state index contributed by atoms with van der Waals surface area (Å²) in [6, 6.07) is 0.193. The van der Waals surface area contributed by atoms with Gasteiger partial charge in [-0.3, -0.25) is 4.57 Å². The summed E-state index contributed by atoms with van der Waals surface area (Å²) in [5.74, 6) is 0. The lowest BCUT2D eigenvalue weighted by Crippen LogP contribution is -2.21. The third kappa shape index (κ3) is 4.72. The van der Waals surface area contributed by atoms with Crippen LogP contribution in [-0.2, 0) is 0 Å². The number of nitrogens with one attached hydrogen (secondary N) is 1. The van der Waals surface area contributed by atoms with Crippen LogP contribution in [0.15, 0.2) is 4.79 Å². The molecule has 142 valence electrons. The Hall–Kier alpha value is -0.720. The van der Waals surface area contributed by atoms with Gasteiger partial charge in [0.1, 0.15) is 5.52 Å². The van der Waals surface area contributed by atoms with E-state index >= 15 is 0 Å². The van der Waals surface area contributed by atoms with E-state index in [1.807, 2.05) is 0 Å². The van der Waals surface area contributed by atoms with E-state index in [0.717, 1.165) is 25.7 Å². The van der Waals surface area contributed by atoms with Crippen LogP contribution >= 0.6 is 33.2 Å². The number of imidazole rings is 1. The highest BCUT2D eigenvalue weighted by Gasteiger charge is 2.23. The normalized spacial score (nSPS) is 16.8. The number of fused-ring (bicyclic) bond motifs is 1. The molecule has 0 atom stereocenters. The second-order valence-electron chi connectivity index (χ2n) is 8.17. The molecule has 5 nitrogen and oxygen atoms in total. The Kier molecular flexibility index (Phi) is 6.17. The molecule has 0 unspecified atom stereocenters. The fourth-order valence-corrected chi connectivity index (χ4v) is 2.86. The van der Waals surface area contributed by atoms with Gasteiger partial charge in [0.05, 0.1) is 0 Å². The fourth-order valence-electron chi connectivity index (χ4n) is 2.44. The average molecular weight is 407 g/mol. The van der Waals surface area contributed by atoms with Gasteiger partial charge in [-0.1, -0.05) is 45.2 Å². The molecule has 0 aliphatic heterocycles. The molecular weight excluding hydrogens is 379 g/mol. The molecule has 1 saturated carbocycles. The van der Waals surface area contributed by atoms with E-state index in [1.165, 1.54) is 0 Å². The molecule has 0 spiro atoms. The van der Waals surface area contributed by atoms with Crippen molar-refractivity contribution < 1.29 is 0 Å². The van der Waals surface area contributed by atoms with Crippen molar-refractivity contribution >= 4 is 44.4 Å². The zero-order chi connectivity index (χ0) is 19.0. The quantitative estimate of drug-likeness (QED) is 0.533. The Morgan fingerprint density at radius 1 is 1.12 bits per heavy atom. The topological polar surface area (TPSA) is 63.6 Å². The van der Waals surface area contributed by atoms with Crippen LogP contribution in [0.4, 0.5) is 0 Å². The van der Waals surface area contributed by atoms with Crippen molar-refractivity contribution in [2.45, 2.75) is 57.2 Å². The molecule has 3 rings (SSSR count). The van der Waals surface area contributed by atoms with Crippen molar-refractivity contribution in [2.24, 2.45) is 0 Å². The van der Waals surface area contributed by atoms with Gasteiger partial charge in [-0.2, -0.15) is 4.98 Å². The minimum Gasteiger partial charge on any atom is -0.302 e. The molecule has 2 aromatic rings. The summed E-state index contributed by atoms with van der Waals surface area (Å²) in [6.07, 6.45) is 11.3. The highest BCUT2D eigenvalue weighted by atomic mass is 35.5. The van der Waals surface area contributed by atoms with Crippen molar-refractivity contribution in [2.75, 3.05) is 18.8 Å². The van der Waals surface area contributed by atoms with Gasteiger partial charge in [0.25, 0.3) is 0 Å². The molecule has 1 aliphatic rings. The number of hydrogen-bond acceptors (Lipinski definition) is 3. The standard InChI is InChI=1S/C10H10Cl2N4O.C7H18S/c11-7-6-8(15-9(12)14-7)16(10(17)13-6)5-3-1-2-4-5;1-7(2,3)8(4,5)6/h5H,1-4H2,(H,13,17);1-6H3. The summed E-state index contributed by atoms with van der Waals surface area (Å²) < 4.78 is 2.18. The Bertz CT molecular complexity index is 784. The summed E-state index contributed by atoms with van der Waals surface area (Å²) in [6.45, 7) is 6.92. The molecule has 0 bridgehead atoms. The van der Waals surface area contributed by atoms with Crippen LogP contribution in [0, 0.1) is 0 Å². The van der Waals surface area contributed by atoms with Gasteiger partial charge in [0.15, 0.2) is 10.8 Å². The van der Waals surface area contributed by atoms with Gasteiger partial charge in [0.2, 0.25) is 5.28 Å². The van der Waals surface area contributed by atoms with Crippen LogP contribution in [0.1, 0.15) is 52.5 Å². The smallest absolute Gasteiger partial charge is 0.302 e. The lowest BCUT2D eigenvalue weighted by Gasteiger charge is -2.40. The molecule has 1 fully saturated rings. The molecule has 2 aromatic heterocycles. The van der Waals surface area contributed by atoms with Gasteiger partial charge in [0, 0.05) is 6.04 Å². The van der Waals surface area contributed by atoms with Crippen LogP contribution in [0.5, 0.6) is 0 Å². The predicted octanol–water partition coefficient (Wildman–Crippen LogP) is 5.02. The van der Waals surface area contributed by atoms with E-state index in [9.17, 15) is 4.79 Å². The number of hydrogen-bond donors (Lipinski definition) is 1. The third-order valence-electron chi connectivity index (χ3n) is 5.02. The highest BCUT2D eigenvalue weighted by molar-refractivity contribution is 8.33. The first-order chi connectivity index (χ1) is 11.4. The minimum absolute atomic E-state index is 0.0632.